The average Bonchev–Trinajstić information content (AvgIpc) is 3.00. The lowest BCUT2D eigenvalue weighted by atomic mass is 10.1. The zero-order valence-corrected chi connectivity index (χ0v) is 16.6. The second-order valence-electron chi connectivity index (χ2n) is 6.28. The van der Waals surface area contributed by atoms with Gasteiger partial charge in [0, 0.05) is 37.1 Å². The fourth-order valence-electron chi connectivity index (χ4n) is 2.77. The fourth-order valence-corrected chi connectivity index (χ4v) is 3.17. The van der Waals surface area contributed by atoms with Gasteiger partial charge in [0.2, 0.25) is 0 Å². The van der Waals surface area contributed by atoms with Crippen LogP contribution in [0, 0.1) is 0 Å². The summed E-state index contributed by atoms with van der Waals surface area (Å²) in [5.74, 6) is 0.586. The molecule has 0 N–H and O–H groups in total. The van der Waals surface area contributed by atoms with Crippen molar-refractivity contribution in [3.05, 3.63) is 58.5 Å². The van der Waals surface area contributed by atoms with Gasteiger partial charge >= 0.3 is 0 Å². The van der Waals surface area contributed by atoms with Crippen LogP contribution in [0.2, 0.25) is 0 Å². The molecular weight excluding hydrogens is 396 g/mol. The van der Waals surface area contributed by atoms with E-state index in [0.717, 1.165) is 10.9 Å². The Hall–Kier alpha value is -2.34. The van der Waals surface area contributed by atoms with Gasteiger partial charge in [-0.25, -0.2) is 0 Å². The van der Waals surface area contributed by atoms with Crippen molar-refractivity contribution in [3.63, 3.8) is 0 Å². The summed E-state index contributed by atoms with van der Waals surface area (Å²) in [6.45, 7) is 7.00. The summed E-state index contributed by atoms with van der Waals surface area (Å²) in [7, 11) is 0. The molecule has 2 heterocycles. The number of aromatic nitrogens is 1. The van der Waals surface area contributed by atoms with Gasteiger partial charge in [0.25, 0.3) is 5.91 Å². The molecule has 0 saturated carbocycles. The maximum absolute atomic E-state index is 13.1. The quantitative estimate of drug-likeness (QED) is 0.564. The van der Waals surface area contributed by atoms with E-state index in [1.807, 2.05) is 39.0 Å². The number of hydrogen-bond donors (Lipinski definition) is 0. The normalized spacial score (nSPS) is 11.1. The van der Waals surface area contributed by atoms with Crippen LogP contribution in [0.15, 0.2) is 51.8 Å². The monoisotopic (exact) mass is 416 g/mol. The standard InChI is InChI=1S/C20H21BrN2O3/c1-4-23(12-14-5-7-22-8-6-14)20(24)15-9-17(25-13(2)3)16-11-19(21)26-18(16)10-15/h5-11,13H,4,12H2,1-3H3. The molecule has 0 spiro atoms. The van der Waals surface area contributed by atoms with E-state index in [1.54, 1.807) is 29.4 Å². The summed E-state index contributed by atoms with van der Waals surface area (Å²) >= 11 is 3.35. The Morgan fingerprint density at radius 2 is 2.00 bits per heavy atom. The van der Waals surface area contributed by atoms with Crippen LogP contribution < -0.4 is 4.74 Å². The number of nitrogens with zero attached hydrogens (tertiary/aromatic N) is 2. The molecule has 0 aliphatic rings. The predicted octanol–water partition coefficient (Wildman–Crippen LogP) is 5.04. The zero-order valence-electron chi connectivity index (χ0n) is 15.0. The number of fused-ring (bicyclic) bond motifs is 1. The molecule has 3 aromatic rings. The molecule has 5 nitrogen and oxygen atoms in total. The predicted molar refractivity (Wildman–Crippen MR) is 104 cm³/mol. The first kappa shape index (κ1) is 18.5. The molecule has 0 unspecified atom stereocenters. The molecular formula is C20H21BrN2O3. The molecule has 0 fully saturated rings. The largest absolute Gasteiger partial charge is 0.490 e. The zero-order chi connectivity index (χ0) is 18.7. The van der Waals surface area contributed by atoms with E-state index in [9.17, 15) is 4.79 Å². The van der Waals surface area contributed by atoms with Crippen molar-refractivity contribution in [1.29, 1.82) is 0 Å². The summed E-state index contributed by atoms with van der Waals surface area (Å²) in [5, 5.41) is 0.847. The third-order valence-corrected chi connectivity index (χ3v) is 4.36. The van der Waals surface area contributed by atoms with E-state index < -0.39 is 0 Å². The van der Waals surface area contributed by atoms with Crippen molar-refractivity contribution in [2.45, 2.75) is 33.4 Å². The Morgan fingerprint density at radius 1 is 1.27 bits per heavy atom. The van der Waals surface area contributed by atoms with Crippen molar-refractivity contribution in [3.8, 4) is 5.75 Å². The van der Waals surface area contributed by atoms with Crippen LogP contribution in [-0.2, 0) is 6.54 Å². The number of furan rings is 1. The fraction of sp³-hybridized carbons (Fsp3) is 0.300. The number of benzene rings is 1. The van der Waals surface area contributed by atoms with E-state index in [-0.39, 0.29) is 12.0 Å². The number of carbonyl (C=O) groups excluding carboxylic acids is 1. The SMILES string of the molecule is CCN(Cc1ccncc1)C(=O)c1cc(OC(C)C)c2cc(Br)oc2c1. The molecule has 1 aromatic carbocycles. The number of halogens is 1. The van der Waals surface area contributed by atoms with Gasteiger partial charge in [0.1, 0.15) is 11.3 Å². The Labute approximate surface area is 161 Å². The van der Waals surface area contributed by atoms with Gasteiger partial charge in [0.05, 0.1) is 11.5 Å². The molecule has 0 saturated heterocycles. The lowest BCUT2D eigenvalue weighted by Gasteiger charge is -2.21. The van der Waals surface area contributed by atoms with Crippen LogP contribution in [0.4, 0.5) is 0 Å². The van der Waals surface area contributed by atoms with Crippen molar-refractivity contribution in [1.82, 2.24) is 9.88 Å². The molecule has 136 valence electrons. The molecule has 1 amide bonds. The van der Waals surface area contributed by atoms with Gasteiger partial charge in [-0.05, 0) is 66.5 Å². The van der Waals surface area contributed by atoms with E-state index >= 15 is 0 Å². The van der Waals surface area contributed by atoms with Crippen molar-refractivity contribution >= 4 is 32.8 Å². The Morgan fingerprint density at radius 3 is 2.65 bits per heavy atom. The second kappa shape index (κ2) is 7.91. The summed E-state index contributed by atoms with van der Waals surface area (Å²) in [4.78, 5) is 18.9. The average molecular weight is 417 g/mol. The van der Waals surface area contributed by atoms with Crippen LogP contribution in [0.5, 0.6) is 5.75 Å². The van der Waals surface area contributed by atoms with Gasteiger partial charge in [-0.1, -0.05) is 0 Å². The number of hydrogen-bond acceptors (Lipinski definition) is 4. The van der Waals surface area contributed by atoms with Gasteiger partial charge in [-0.3, -0.25) is 9.78 Å². The number of carbonyl (C=O) groups is 1. The third-order valence-electron chi connectivity index (χ3n) is 3.97. The molecule has 3 rings (SSSR count). The smallest absolute Gasteiger partial charge is 0.254 e. The second-order valence-corrected chi connectivity index (χ2v) is 7.06. The maximum atomic E-state index is 13.1. The van der Waals surface area contributed by atoms with Gasteiger partial charge in [0.15, 0.2) is 4.67 Å². The Balaban J connectivity index is 1.95. The van der Waals surface area contributed by atoms with Gasteiger partial charge in [-0.15, -0.1) is 0 Å². The number of rotatable bonds is 6. The first-order valence-corrected chi connectivity index (χ1v) is 9.35. The van der Waals surface area contributed by atoms with E-state index in [4.69, 9.17) is 9.15 Å². The van der Waals surface area contributed by atoms with Crippen molar-refractivity contribution in [2.75, 3.05) is 6.54 Å². The topological polar surface area (TPSA) is 55.6 Å². The first-order valence-electron chi connectivity index (χ1n) is 8.56. The highest BCUT2D eigenvalue weighted by molar-refractivity contribution is 9.10. The highest BCUT2D eigenvalue weighted by Crippen LogP contribution is 2.33. The van der Waals surface area contributed by atoms with Crippen LogP contribution in [0.25, 0.3) is 11.0 Å². The lowest BCUT2D eigenvalue weighted by molar-refractivity contribution is 0.0752. The highest BCUT2D eigenvalue weighted by Gasteiger charge is 2.19. The number of pyridine rings is 1. The Kier molecular flexibility index (Phi) is 5.61. The third kappa shape index (κ3) is 4.07. The molecule has 6 heteroatoms. The summed E-state index contributed by atoms with van der Waals surface area (Å²) in [5.41, 5.74) is 2.21. The van der Waals surface area contributed by atoms with Crippen LogP contribution in [0.1, 0.15) is 36.7 Å². The summed E-state index contributed by atoms with van der Waals surface area (Å²) in [6.07, 6.45) is 3.46. The lowest BCUT2D eigenvalue weighted by Crippen LogP contribution is -2.30. The number of ether oxygens (including phenoxy) is 1. The molecule has 0 aliphatic heterocycles. The Bertz CT molecular complexity index is 906. The van der Waals surface area contributed by atoms with E-state index in [0.29, 0.717) is 34.7 Å². The van der Waals surface area contributed by atoms with Gasteiger partial charge in [-0.2, -0.15) is 0 Å². The first-order chi connectivity index (χ1) is 12.5. The minimum absolute atomic E-state index is 0.00340. The van der Waals surface area contributed by atoms with Crippen LogP contribution >= 0.6 is 15.9 Å². The van der Waals surface area contributed by atoms with Gasteiger partial charge < -0.3 is 14.1 Å². The molecule has 0 aliphatic carbocycles. The van der Waals surface area contributed by atoms with Crippen LogP contribution in [-0.4, -0.2) is 28.4 Å². The minimum atomic E-state index is -0.0626. The highest BCUT2D eigenvalue weighted by atomic mass is 79.9. The van der Waals surface area contributed by atoms with Crippen molar-refractivity contribution < 1.29 is 13.9 Å². The summed E-state index contributed by atoms with van der Waals surface area (Å²) in [6, 6.07) is 9.24. The molecule has 0 radical (unpaired) electrons. The maximum Gasteiger partial charge on any atom is 0.254 e. The summed E-state index contributed by atoms with van der Waals surface area (Å²) < 4.78 is 12.2. The molecule has 26 heavy (non-hydrogen) atoms. The molecule has 0 atom stereocenters. The molecule has 0 bridgehead atoms. The minimum Gasteiger partial charge on any atom is -0.490 e. The van der Waals surface area contributed by atoms with E-state index in [1.165, 1.54) is 0 Å². The van der Waals surface area contributed by atoms with Crippen molar-refractivity contribution in [2.24, 2.45) is 0 Å². The molecule has 2 aromatic heterocycles. The number of amides is 1. The van der Waals surface area contributed by atoms with E-state index in [2.05, 4.69) is 20.9 Å². The van der Waals surface area contributed by atoms with Crippen LogP contribution in [0.3, 0.4) is 0 Å².